The summed E-state index contributed by atoms with van der Waals surface area (Å²) in [5.74, 6) is 4.72. The van der Waals surface area contributed by atoms with Gasteiger partial charge in [0.1, 0.15) is 12.4 Å². The largest absolute Gasteiger partial charge is 0.492 e. The molecular weight excluding hydrogens is 286 g/mol. The maximum absolute atomic E-state index is 12.9. The predicted molar refractivity (Wildman–Crippen MR) is 90.1 cm³/mol. The number of nitrogens with zero attached hydrogens (tertiary/aromatic N) is 1. The van der Waals surface area contributed by atoms with E-state index in [1.165, 1.54) is 32.1 Å². The highest BCUT2D eigenvalue weighted by atomic mass is 16.5. The van der Waals surface area contributed by atoms with Crippen LogP contribution >= 0.6 is 0 Å². The average molecular weight is 313 g/mol. The molecule has 5 rings (SSSR count). The summed E-state index contributed by atoms with van der Waals surface area (Å²) >= 11 is 0. The zero-order valence-electron chi connectivity index (χ0n) is 14.0. The molecule has 4 saturated carbocycles. The first kappa shape index (κ1) is 15.0. The zero-order chi connectivity index (χ0) is 15.8. The minimum Gasteiger partial charge on any atom is -0.492 e. The number of carbonyl (C=O) groups is 1. The van der Waals surface area contributed by atoms with E-state index in [1.54, 1.807) is 0 Å². The van der Waals surface area contributed by atoms with Crippen molar-refractivity contribution in [2.45, 2.75) is 32.1 Å². The van der Waals surface area contributed by atoms with Gasteiger partial charge in [0.05, 0.1) is 6.54 Å². The van der Waals surface area contributed by atoms with E-state index < -0.39 is 0 Å². The lowest BCUT2D eigenvalue weighted by atomic mass is 9.51. The van der Waals surface area contributed by atoms with Gasteiger partial charge in [-0.2, -0.15) is 0 Å². The summed E-state index contributed by atoms with van der Waals surface area (Å²) in [5, 5.41) is 0. The van der Waals surface area contributed by atoms with Crippen molar-refractivity contribution in [3.05, 3.63) is 30.3 Å². The highest BCUT2D eigenvalue weighted by molar-refractivity contribution is 5.79. The molecule has 0 heterocycles. The molecule has 4 bridgehead atoms. The second kappa shape index (κ2) is 6.18. The van der Waals surface area contributed by atoms with Crippen molar-refractivity contribution in [3.63, 3.8) is 0 Å². The smallest absolute Gasteiger partial charge is 0.226 e. The van der Waals surface area contributed by atoms with Gasteiger partial charge in [-0.15, -0.1) is 0 Å². The van der Waals surface area contributed by atoms with Crippen LogP contribution in [0.15, 0.2) is 30.3 Å². The van der Waals surface area contributed by atoms with Gasteiger partial charge in [0.2, 0.25) is 5.91 Å². The number of para-hydroxylation sites is 1. The Labute approximate surface area is 139 Å². The maximum Gasteiger partial charge on any atom is 0.226 e. The topological polar surface area (TPSA) is 29.5 Å². The quantitative estimate of drug-likeness (QED) is 0.831. The van der Waals surface area contributed by atoms with Crippen LogP contribution in [-0.4, -0.2) is 31.0 Å². The molecule has 1 aromatic carbocycles. The summed E-state index contributed by atoms with van der Waals surface area (Å²) in [7, 11) is 1.95. The third-order valence-corrected chi connectivity index (χ3v) is 6.33. The predicted octanol–water partition coefficient (Wildman–Crippen LogP) is 3.60. The summed E-state index contributed by atoms with van der Waals surface area (Å²) in [6.07, 6.45) is 6.65. The van der Waals surface area contributed by atoms with Crippen molar-refractivity contribution in [3.8, 4) is 5.75 Å². The summed E-state index contributed by atoms with van der Waals surface area (Å²) in [4.78, 5) is 14.9. The monoisotopic (exact) mass is 313 g/mol. The lowest BCUT2D eigenvalue weighted by Gasteiger charge is -2.54. The summed E-state index contributed by atoms with van der Waals surface area (Å²) in [5.41, 5.74) is 0. The second-order valence-electron chi connectivity index (χ2n) is 7.88. The van der Waals surface area contributed by atoms with E-state index in [4.69, 9.17) is 4.74 Å². The van der Waals surface area contributed by atoms with Crippen LogP contribution in [0.2, 0.25) is 0 Å². The lowest BCUT2D eigenvalue weighted by molar-refractivity contribution is -0.148. The van der Waals surface area contributed by atoms with Crippen LogP contribution in [0.4, 0.5) is 0 Å². The zero-order valence-corrected chi connectivity index (χ0v) is 14.0. The van der Waals surface area contributed by atoms with E-state index in [2.05, 4.69) is 0 Å². The number of amides is 1. The van der Waals surface area contributed by atoms with Gasteiger partial charge in [-0.05, 0) is 67.9 Å². The van der Waals surface area contributed by atoms with Crippen LogP contribution in [-0.2, 0) is 4.79 Å². The number of rotatable bonds is 5. The molecule has 23 heavy (non-hydrogen) atoms. The lowest BCUT2D eigenvalue weighted by Crippen LogP contribution is -2.51. The Balaban J connectivity index is 1.32. The fraction of sp³-hybridized carbons (Fsp3) is 0.650. The molecule has 0 spiro atoms. The SMILES string of the molecule is CN(CCOc1ccccc1)C(=O)C1C2CC3CC(C2)CC1C3. The Hall–Kier alpha value is -1.51. The Morgan fingerprint density at radius 1 is 1.04 bits per heavy atom. The van der Waals surface area contributed by atoms with E-state index in [0.29, 0.717) is 36.8 Å². The van der Waals surface area contributed by atoms with Gasteiger partial charge in [0.15, 0.2) is 0 Å². The first-order valence-electron chi connectivity index (χ1n) is 9.13. The van der Waals surface area contributed by atoms with Gasteiger partial charge in [-0.3, -0.25) is 4.79 Å². The van der Waals surface area contributed by atoms with Crippen LogP contribution in [0.5, 0.6) is 5.75 Å². The molecular formula is C20H27NO2. The number of ether oxygens (including phenoxy) is 1. The van der Waals surface area contributed by atoms with Crippen molar-refractivity contribution in [1.29, 1.82) is 0 Å². The van der Waals surface area contributed by atoms with Gasteiger partial charge in [-0.1, -0.05) is 18.2 Å². The number of likely N-dealkylation sites (N-methyl/N-ethyl adjacent to an activating group) is 1. The molecule has 0 radical (unpaired) electrons. The van der Waals surface area contributed by atoms with Crippen molar-refractivity contribution in [2.24, 2.45) is 29.6 Å². The average Bonchev–Trinajstić information content (AvgIpc) is 2.54. The van der Waals surface area contributed by atoms with Crippen LogP contribution in [0.25, 0.3) is 0 Å². The van der Waals surface area contributed by atoms with E-state index in [-0.39, 0.29) is 0 Å². The molecule has 3 heteroatoms. The number of carbonyl (C=O) groups excluding carboxylic acids is 1. The molecule has 0 saturated heterocycles. The van der Waals surface area contributed by atoms with Crippen molar-refractivity contribution in [2.75, 3.05) is 20.2 Å². The first-order valence-corrected chi connectivity index (χ1v) is 9.13. The van der Waals surface area contributed by atoms with Gasteiger partial charge in [-0.25, -0.2) is 0 Å². The Morgan fingerprint density at radius 3 is 2.26 bits per heavy atom. The van der Waals surface area contributed by atoms with Gasteiger partial charge >= 0.3 is 0 Å². The maximum atomic E-state index is 12.9. The van der Waals surface area contributed by atoms with Crippen LogP contribution in [0, 0.1) is 29.6 Å². The number of benzene rings is 1. The third-order valence-electron chi connectivity index (χ3n) is 6.33. The summed E-state index contributed by atoms with van der Waals surface area (Å²) < 4.78 is 5.74. The first-order chi connectivity index (χ1) is 11.2. The third kappa shape index (κ3) is 2.98. The Bertz CT molecular complexity index is 528. The second-order valence-corrected chi connectivity index (χ2v) is 7.88. The Kier molecular flexibility index (Phi) is 4.04. The van der Waals surface area contributed by atoms with E-state index >= 15 is 0 Å². The van der Waals surface area contributed by atoms with E-state index in [1.807, 2.05) is 42.3 Å². The molecule has 0 unspecified atom stereocenters. The van der Waals surface area contributed by atoms with Crippen molar-refractivity contribution in [1.82, 2.24) is 4.90 Å². The number of hydrogen-bond acceptors (Lipinski definition) is 2. The standard InChI is InChI=1S/C20H27NO2/c1-21(7-8-23-18-5-3-2-4-6-18)20(22)19-16-10-14-9-15(12-16)13-17(19)11-14/h2-6,14-17,19H,7-13H2,1H3. The van der Waals surface area contributed by atoms with Gasteiger partial charge in [0.25, 0.3) is 0 Å². The fourth-order valence-corrected chi connectivity index (χ4v) is 5.51. The highest BCUT2D eigenvalue weighted by Gasteiger charge is 2.51. The van der Waals surface area contributed by atoms with Crippen LogP contribution < -0.4 is 4.74 Å². The van der Waals surface area contributed by atoms with Crippen molar-refractivity contribution < 1.29 is 9.53 Å². The van der Waals surface area contributed by atoms with Crippen molar-refractivity contribution >= 4 is 5.91 Å². The highest BCUT2D eigenvalue weighted by Crippen LogP contribution is 2.56. The molecule has 1 amide bonds. The molecule has 0 atom stereocenters. The normalized spacial score (nSPS) is 34.4. The molecule has 1 aromatic rings. The summed E-state index contributed by atoms with van der Waals surface area (Å²) in [6.45, 7) is 1.25. The molecule has 0 N–H and O–H groups in total. The van der Waals surface area contributed by atoms with Crippen LogP contribution in [0.3, 0.4) is 0 Å². The van der Waals surface area contributed by atoms with E-state index in [9.17, 15) is 4.79 Å². The Morgan fingerprint density at radius 2 is 1.65 bits per heavy atom. The molecule has 0 aromatic heterocycles. The molecule has 4 aliphatic rings. The molecule has 0 aliphatic heterocycles. The van der Waals surface area contributed by atoms with Gasteiger partial charge < -0.3 is 9.64 Å². The van der Waals surface area contributed by atoms with Gasteiger partial charge in [0, 0.05) is 13.0 Å². The minimum atomic E-state index is 0.296. The molecule has 4 fully saturated rings. The molecule has 124 valence electrons. The summed E-state index contributed by atoms with van der Waals surface area (Å²) in [6, 6.07) is 9.84. The van der Waals surface area contributed by atoms with Crippen LogP contribution in [0.1, 0.15) is 32.1 Å². The minimum absolute atomic E-state index is 0.296. The van der Waals surface area contributed by atoms with E-state index in [0.717, 1.165) is 17.6 Å². The molecule has 4 aliphatic carbocycles. The molecule has 3 nitrogen and oxygen atoms in total. The number of hydrogen-bond donors (Lipinski definition) is 0. The fourth-order valence-electron chi connectivity index (χ4n) is 5.51.